The molecule has 18 heavy (non-hydrogen) atoms. The van der Waals surface area contributed by atoms with Gasteiger partial charge in [0.25, 0.3) is 0 Å². The van der Waals surface area contributed by atoms with Crippen molar-refractivity contribution >= 4 is 22.7 Å². The molecule has 0 aliphatic heterocycles. The summed E-state index contributed by atoms with van der Waals surface area (Å²) in [5, 5.41) is 14.2. The minimum Gasteiger partial charge on any atom is -0.387 e. The second-order valence-electron chi connectivity index (χ2n) is 5.38. The highest BCUT2D eigenvalue weighted by molar-refractivity contribution is 7.11. The van der Waals surface area contributed by atoms with E-state index in [0.717, 1.165) is 20.6 Å². The first-order valence-corrected chi connectivity index (χ1v) is 7.61. The summed E-state index contributed by atoms with van der Waals surface area (Å²) in [5.74, 6) is 0. The lowest BCUT2D eigenvalue weighted by Crippen LogP contribution is -2.11. The van der Waals surface area contributed by atoms with E-state index in [1.165, 1.54) is 0 Å². The third-order valence-electron chi connectivity index (χ3n) is 2.66. The molecule has 0 amide bonds. The highest BCUT2D eigenvalue weighted by Crippen LogP contribution is 2.28. The molecule has 2 rings (SSSR count). The summed E-state index contributed by atoms with van der Waals surface area (Å²) in [6.45, 7) is 8.39. The van der Waals surface area contributed by atoms with Gasteiger partial charge in [-0.1, -0.05) is 20.8 Å². The molecule has 98 valence electrons. The van der Waals surface area contributed by atoms with Gasteiger partial charge >= 0.3 is 0 Å². The number of thiazole rings is 2. The zero-order chi connectivity index (χ0) is 13.3. The molecular formula is C13H18N2OS2. The average molecular weight is 282 g/mol. The number of hydrogen-bond donors (Lipinski definition) is 1. The first-order chi connectivity index (χ1) is 8.36. The van der Waals surface area contributed by atoms with Gasteiger partial charge in [0.2, 0.25) is 0 Å². The van der Waals surface area contributed by atoms with E-state index in [1.807, 2.05) is 6.92 Å². The van der Waals surface area contributed by atoms with Gasteiger partial charge in [0.05, 0.1) is 26.7 Å². The summed E-state index contributed by atoms with van der Waals surface area (Å²) in [5.41, 5.74) is 1.16. The maximum absolute atomic E-state index is 10.1. The van der Waals surface area contributed by atoms with E-state index in [0.29, 0.717) is 6.42 Å². The van der Waals surface area contributed by atoms with E-state index >= 15 is 0 Å². The number of hydrogen-bond acceptors (Lipinski definition) is 5. The van der Waals surface area contributed by atoms with Crippen LogP contribution in [0.3, 0.4) is 0 Å². The van der Waals surface area contributed by atoms with Gasteiger partial charge in [-0.3, -0.25) is 0 Å². The number of nitrogens with zero attached hydrogens (tertiary/aromatic N) is 2. The van der Waals surface area contributed by atoms with E-state index in [4.69, 9.17) is 0 Å². The van der Waals surface area contributed by atoms with Gasteiger partial charge in [0.15, 0.2) is 0 Å². The number of aliphatic hydroxyl groups excluding tert-OH is 1. The highest BCUT2D eigenvalue weighted by atomic mass is 32.1. The Balaban J connectivity index is 2.08. The van der Waals surface area contributed by atoms with E-state index in [9.17, 15) is 5.11 Å². The van der Waals surface area contributed by atoms with Crippen molar-refractivity contribution in [3.05, 3.63) is 32.2 Å². The number of aliphatic hydroxyl groups is 1. The summed E-state index contributed by atoms with van der Waals surface area (Å²) in [6.07, 6.45) is 1.83. The van der Waals surface area contributed by atoms with E-state index < -0.39 is 6.10 Å². The normalized spacial score (nSPS) is 13.8. The maximum Gasteiger partial charge on any atom is 0.0961 e. The molecule has 3 nitrogen and oxygen atoms in total. The van der Waals surface area contributed by atoms with E-state index in [-0.39, 0.29) is 5.41 Å². The number of aromatic nitrogens is 2. The van der Waals surface area contributed by atoms with Crippen molar-refractivity contribution in [3.63, 3.8) is 0 Å². The first kappa shape index (κ1) is 13.6. The zero-order valence-electron chi connectivity index (χ0n) is 11.1. The predicted octanol–water partition coefficient (Wildman–Crippen LogP) is 3.48. The van der Waals surface area contributed by atoms with Crippen molar-refractivity contribution in [1.29, 1.82) is 0 Å². The summed E-state index contributed by atoms with van der Waals surface area (Å²) in [7, 11) is 0. The first-order valence-electron chi connectivity index (χ1n) is 5.91. The minimum atomic E-state index is -0.491. The smallest absolute Gasteiger partial charge is 0.0961 e. The SMILES string of the molecule is Cc1ncc(C(O)Cc2nc(C(C)(C)C)cs2)s1. The molecule has 0 saturated heterocycles. The van der Waals surface area contributed by atoms with Crippen LogP contribution in [0, 0.1) is 6.92 Å². The molecule has 5 heteroatoms. The Morgan fingerprint density at radius 3 is 2.61 bits per heavy atom. The van der Waals surface area contributed by atoms with Crippen molar-refractivity contribution in [2.45, 2.75) is 45.6 Å². The van der Waals surface area contributed by atoms with Crippen LogP contribution >= 0.6 is 22.7 Å². The molecule has 0 saturated carbocycles. The van der Waals surface area contributed by atoms with Crippen molar-refractivity contribution in [1.82, 2.24) is 9.97 Å². The fourth-order valence-electron chi connectivity index (χ4n) is 1.55. The predicted molar refractivity (Wildman–Crippen MR) is 76.3 cm³/mol. The van der Waals surface area contributed by atoms with Crippen LogP contribution in [0.4, 0.5) is 0 Å². The molecular weight excluding hydrogens is 264 g/mol. The highest BCUT2D eigenvalue weighted by Gasteiger charge is 2.19. The van der Waals surface area contributed by atoms with E-state index in [2.05, 4.69) is 36.1 Å². The van der Waals surface area contributed by atoms with Crippen LogP contribution < -0.4 is 0 Å². The Kier molecular flexibility index (Phi) is 3.84. The monoisotopic (exact) mass is 282 g/mol. The zero-order valence-corrected chi connectivity index (χ0v) is 12.7. The van der Waals surface area contributed by atoms with Crippen LogP contribution in [0.2, 0.25) is 0 Å². The van der Waals surface area contributed by atoms with E-state index in [1.54, 1.807) is 28.9 Å². The van der Waals surface area contributed by atoms with Crippen molar-refractivity contribution in [2.24, 2.45) is 0 Å². The van der Waals surface area contributed by atoms with Crippen LogP contribution in [0.5, 0.6) is 0 Å². The molecule has 0 aromatic carbocycles. The third kappa shape index (κ3) is 3.16. The summed E-state index contributed by atoms with van der Waals surface area (Å²) in [6, 6.07) is 0. The molecule has 1 atom stereocenters. The standard InChI is InChI=1S/C13H18N2OS2/c1-8-14-6-10(18-8)9(16)5-12-15-11(7-17-12)13(2,3)4/h6-7,9,16H,5H2,1-4H3. The second kappa shape index (κ2) is 5.07. The lowest BCUT2D eigenvalue weighted by molar-refractivity contribution is 0.182. The quantitative estimate of drug-likeness (QED) is 0.937. The second-order valence-corrected chi connectivity index (χ2v) is 7.59. The molecule has 0 bridgehead atoms. The van der Waals surface area contributed by atoms with Crippen molar-refractivity contribution in [2.75, 3.05) is 0 Å². The molecule has 0 spiro atoms. The molecule has 0 fully saturated rings. The Labute approximate surface area is 116 Å². The Bertz CT molecular complexity index is 525. The van der Waals surface area contributed by atoms with Gasteiger partial charge in [-0.15, -0.1) is 22.7 Å². The van der Waals surface area contributed by atoms with Crippen LogP contribution in [0.15, 0.2) is 11.6 Å². The van der Waals surface area contributed by atoms with Crippen molar-refractivity contribution < 1.29 is 5.11 Å². The lowest BCUT2D eigenvalue weighted by Gasteiger charge is -2.14. The maximum atomic E-state index is 10.1. The molecule has 0 aliphatic rings. The van der Waals surface area contributed by atoms with Gasteiger partial charge < -0.3 is 5.11 Å². The topological polar surface area (TPSA) is 46.0 Å². The van der Waals surface area contributed by atoms with Gasteiger partial charge in [-0.05, 0) is 6.92 Å². The molecule has 2 heterocycles. The molecule has 2 aromatic rings. The molecule has 1 N–H and O–H groups in total. The van der Waals surface area contributed by atoms with Gasteiger partial charge in [0.1, 0.15) is 0 Å². The Morgan fingerprint density at radius 1 is 1.39 bits per heavy atom. The summed E-state index contributed by atoms with van der Waals surface area (Å²) < 4.78 is 0. The Morgan fingerprint density at radius 2 is 2.11 bits per heavy atom. The fourth-order valence-corrected chi connectivity index (χ4v) is 3.38. The van der Waals surface area contributed by atoms with Gasteiger partial charge in [-0.25, -0.2) is 9.97 Å². The van der Waals surface area contributed by atoms with Crippen LogP contribution in [-0.2, 0) is 11.8 Å². The van der Waals surface area contributed by atoms with Gasteiger partial charge in [-0.2, -0.15) is 0 Å². The molecule has 2 aromatic heterocycles. The third-order valence-corrected chi connectivity index (χ3v) is 4.54. The van der Waals surface area contributed by atoms with Gasteiger partial charge in [0, 0.05) is 23.4 Å². The molecule has 0 radical (unpaired) electrons. The summed E-state index contributed by atoms with van der Waals surface area (Å²) in [4.78, 5) is 9.68. The van der Waals surface area contributed by atoms with Crippen LogP contribution in [0.25, 0.3) is 0 Å². The van der Waals surface area contributed by atoms with Crippen LogP contribution in [-0.4, -0.2) is 15.1 Å². The minimum absolute atomic E-state index is 0.0702. The molecule has 1 unspecified atom stereocenters. The number of aryl methyl sites for hydroxylation is 1. The largest absolute Gasteiger partial charge is 0.387 e. The van der Waals surface area contributed by atoms with Crippen LogP contribution in [0.1, 0.15) is 47.5 Å². The molecule has 0 aliphatic carbocycles. The summed E-state index contributed by atoms with van der Waals surface area (Å²) >= 11 is 3.16. The lowest BCUT2D eigenvalue weighted by atomic mass is 9.93. The fraction of sp³-hybridized carbons (Fsp3) is 0.538. The number of rotatable bonds is 3. The van der Waals surface area contributed by atoms with Crippen molar-refractivity contribution in [3.8, 4) is 0 Å². The average Bonchev–Trinajstić information content (AvgIpc) is 2.85. The Hall–Kier alpha value is -0.780.